The zero-order valence-corrected chi connectivity index (χ0v) is 19.0. The minimum atomic E-state index is -0.991. The normalized spacial score (nSPS) is 11.1. The maximum absolute atomic E-state index is 13.4. The predicted octanol–water partition coefficient (Wildman–Crippen LogP) is 5.01. The van der Waals surface area contributed by atoms with E-state index in [1.165, 1.54) is 12.1 Å². The number of benzene rings is 2. The number of aromatic nitrogens is 5. The summed E-state index contributed by atoms with van der Waals surface area (Å²) in [4.78, 5) is 25.0. The maximum Gasteiger partial charge on any atom is 0.300 e. The van der Waals surface area contributed by atoms with Gasteiger partial charge in [-0.2, -0.15) is 14.4 Å². The van der Waals surface area contributed by atoms with E-state index in [4.69, 9.17) is 4.74 Å². The summed E-state index contributed by atoms with van der Waals surface area (Å²) in [6.07, 6.45) is 1.58. The Morgan fingerprint density at radius 3 is 2.39 bits per heavy atom. The molecule has 8 nitrogen and oxygen atoms in total. The van der Waals surface area contributed by atoms with Gasteiger partial charge in [0.15, 0.2) is 11.2 Å². The van der Waals surface area contributed by atoms with Crippen molar-refractivity contribution < 1.29 is 17.9 Å². The van der Waals surface area contributed by atoms with E-state index in [0.717, 1.165) is 11.6 Å². The van der Waals surface area contributed by atoms with Crippen LogP contribution in [0.3, 0.4) is 0 Å². The second kappa shape index (κ2) is 9.53. The Bertz CT molecular complexity index is 1580. The maximum atomic E-state index is 13.4. The molecular formula is C25H19F3N6O2. The van der Waals surface area contributed by atoms with Gasteiger partial charge in [0, 0.05) is 24.4 Å². The van der Waals surface area contributed by atoms with Gasteiger partial charge in [0.25, 0.3) is 0 Å². The van der Waals surface area contributed by atoms with Crippen LogP contribution in [0, 0.1) is 17.6 Å². The molecule has 0 aliphatic carbocycles. The van der Waals surface area contributed by atoms with Crippen LogP contribution in [0.4, 0.5) is 24.8 Å². The van der Waals surface area contributed by atoms with Crippen molar-refractivity contribution in [3.63, 3.8) is 0 Å². The summed E-state index contributed by atoms with van der Waals surface area (Å²) in [5, 5.41) is 3.11. The van der Waals surface area contributed by atoms with Gasteiger partial charge in [0.1, 0.15) is 17.4 Å². The summed E-state index contributed by atoms with van der Waals surface area (Å²) in [5.41, 5.74) is 1.71. The second-order valence-corrected chi connectivity index (χ2v) is 7.85. The van der Waals surface area contributed by atoms with Crippen LogP contribution < -0.4 is 15.6 Å². The van der Waals surface area contributed by atoms with Crippen molar-refractivity contribution in [2.45, 2.75) is 20.0 Å². The monoisotopic (exact) mass is 492 g/mol. The fourth-order valence-electron chi connectivity index (χ4n) is 3.71. The number of halogens is 3. The molecule has 0 atom stereocenters. The second-order valence-electron chi connectivity index (χ2n) is 7.85. The highest BCUT2D eigenvalue weighted by atomic mass is 19.1. The van der Waals surface area contributed by atoms with Crippen LogP contribution in [0.25, 0.3) is 11.2 Å². The number of hydrogen-bond donors (Lipinski definition) is 1. The molecule has 182 valence electrons. The molecule has 36 heavy (non-hydrogen) atoms. The Morgan fingerprint density at radius 1 is 0.944 bits per heavy atom. The molecular weight excluding hydrogens is 473 g/mol. The Morgan fingerprint density at radius 2 is 1.69 bits per heavy atom. The van der Waals surface area contributed by atoms with Gasteiger partial charge in [-0.3, -0.25) is 9.36 Å². The fourth-order valence-corrected chi connectivity index (χ4v) is 3.71. The topological polar surface area (TPSA) is 86.9 Å². The summed E-state index contributed by atoms with van der Waals surface area (Å²) >= 11 is 0. The number of rotatable bonds is 7. The van der Waals surface area contributed by atoms with Gasteiger partial charge in [-0.15, -0.1) is 0 Å². The van der Waals surface area contributed by atoms with E-state index in [1.807, 2.05) is 6.92 Å². The lowest BCUT2D eigenvalue weighted by atomic mass is 10.2. The summed E-state index contributed by atoms with van der Waals surface area (Å²) in [5.74, 6) is -1.84. The van der Waals surface area contributed by atoms with Crippen LogP contribution in [0.15, 0.2) is 71.8 Å². The van der Waals surface area contributed by atoms with Gasteiger partial charge in [-0.05, 0) is 48.9 Å². The molecule has 0 saturated heterocycles. The average Bonchev–Trinajstić information content (AvgIpc) is 3.28. The molecule has 0 aliphatic heterocycles. The molecule has 3 aromatic heterocycles. The first-order valence-corrected chi connectivity index (χ1v) is 11.0. The van der Waals surface area contributed by atoms with E-state index < -0.39 is 17.3 Å². The van der Waals surface area contributed by atoms with Gasteiger partial charge in [0.05, 0.1) is 12.9 Å². The number of anilines is 2. The molecule has 0 saturated carbocycles. The smallest absolute Gasteiger partial charge is 0.300 e. The van der Waals surface area contributed by atoms with Gasteiger partial charge < -0.3 is 14.6 Å². The Hall–Kier alpha value is -4.67. The van der Waals surface area contributed by atoms with Gasteiger partial charge in [-0.1, -0.05) is 12.1 Å². The zero-order chi connectivity index (χ0) is 25.2. The summed E-state index contributed by atoms with van der Waals surface area (Å²) < 4.78 is 49.0. The third kappa shape index (κ3) is 4.76. The van der Waals surface area contributed by atoms with Crippen molar-refractivity contribution in [3.05, 3.63) is 100 Å². The lowest BCUT2D eigenvalue weighted by molar-refractivity contribution is 0.436. The first-order valence-electron chi connectivity index (χ1n) is 11.0. The van der Waals surface area contributed by atoms with Gasteiger partial charge in [-0.25, -0.2) is 13.8 Å². The number of imidazole rings is 1. The minimum absolute atomic E-state index is 0.222. The van der Waals surface area contributed by atoms with Crippen molar-refractivity contribution in [1.82, 2.24) is 24.1 Å². The molecule has 0 fully saturated rings. The molecule has 0 amide bonds. The van der Waals surface area contributed by atoms with E-state index in [9.17, 15) is 18.0 Å². The molecule has 0 radical (unpaired) electrons. The van der Waals surface area contributed by atoms with Crippen LogP contribution in [-0.2, 0) is 13.1 Å². The van der Waals surface area contributed by atoms with Crippen molar-refractivity contribution >= 4 is 22.8 Å². The van der Waals surface area contributed by atoms with Gasteiger partial charge in [0.2, 0.25) is 17.8 Å². The lowest BCUT2D eigenvalue weighted by Crippen LogP contribution is -2.20. The number of nitrogens with one attached hydrogen (secondary N) is 1. The highest BCUT2D eigenvalue weighted by molar-refractivity contribution is 5.73. The quantitative estimate of drug-likeness (QED) is 0.322. The molecule has 0 unspecified atom stereocenters. The van der Waals surface area contributed by atoms with Crippen molar-refractivity contribution in [3.8, 4) is 11.6 Å². The molecule has 5 rings (SSSR count). The third-order valence-electron chi connectivity index (χ3n) is 5.40. The van der Waals surface area contributed by atoms with E-state index >= 15 is 0 Å². The predicted molar refractivity (Wildman–Crippen MR) is 127 cm³/mol. The van der Waals surface area contributed by atoms with Crippen LogP contribution in [0.1, 0.15) is 12.5 Å². The Balaban J connectivity index is 1.47. The number of fused-ring (bicyclic) bond motifs is 1. The zero-order valence-electron chi connectivity index (χ0n) is 19.0. The Labute approximate surface area is 202 Å². The van der Waals surface area contributed by atoms with Crippen molar-refractivity contribution in [2.24, 2.45) is 0 Å². The molecule has 2 aromatic carbocycles. The molecule has 11 heteroatoms. The Kier molecular flexibility index (Phi) is 6.11. The van der Waals surface area contributed by atoms with Gasteiger partial charge >= 0.3 is 5.56 Å². The molecule has 0 spiro atoms. The number of aryl methyl sites for hydroxylation is 1. The highest BCUT2D eigenvalue weighted by Crippen LogP contribution is 2.25. The minimum Gasteiger partial charge on any atom is -0.439 e. The summed E-state index contributed by atoms with van der Waals surface area (Å²) in [6, 6.07) is 14.1. The third-order valence-corrected chi connectivity index (χ3v) is 5.40. The average molecular weight is 492 g/mol. The largest absolute Gasteiger partial charge is 0.439 e. The molecule has 0 aliphatic rings. The molecule has 5 aromatic rings. The van der Waals surface area contributed by atoms with Crippen LogP contribution in [0.5, 0.6) is 11.6 Å². The first-order chi connectivity index (χ1) is 17.4. The van der Waals surface area contributed by atoms with E-state index in [-0.39, 0.29) is 24.2 Å². The van der Waals surface area contributed by atoms with E-state index in [0.29, 0.717) is 35.2 Å². The van der Waals surface area contributed by atoms with E-state index in [2.05, 4.69) is 20.3 Å². The number of ether oxygens (including phenoxy) is 1. The number of hydrogen-bond acceptors (Lipinski definition) is 6. The summed E-state index contributed by atoms with van der Waals surface area (Å²) in [7, 11) is 0. The molecule has 0 bridgehead atoms. The van der Waals surface area contributed by atoms with Crippen molar-refractivity contribution in [1.29, 1.82) is 0 Å². The first kappa shape index (κ1) is 23.1. The molecule has 1 N–H and O–H groups in total. The van der Waals surface area contributed by atoms with Crippen molar-refractivity contribution in [2.75, 3.05) is 5.32 Å². The molecule has 3 heterocycles. The van der Waals surface area contributed by atoms with Crippen LogP contribution >= 0.6 is 0 Å². The fraction of sp³-hybridized carbons (Fsp3) is 0.120. The van der Waals surface area contributed by atoms with Crippen LogP contribution in [-0.4, -0.2) is 24.1 Å². The highest BCUT2D eigenvalue weighted by Gasteiger charge is 2.16. The standard InChI is InChI=1S/C25H19F3N6O2/c1-2-33-14-29-23-22(33)24(35)32-25(34(23)13-15-3-5-16(26)6-4-15)30-18-7-9-19(10-8-18)36-21-12-17(27)11-20(28)31-21/h3-12,14H,2,13H2,1H3,(H,30,32,35). The SMILES string of the molecule is CCn1cnc2c1c(=O)nc(Nc1ccc(Oc3cc(F)cc(F)n3)cc1)n2Cc1ccc(F)cc1. The van der Waals surface area contributed by atoms with Crippen LogP contribution in [0.2, 0.25) is 0 Å². The lowest BCUT2D eigenvalue weighted by Gasteiger charge is -2.15. The number of nitrogens with zero attached hydrogens (tertiary/aromatic N) is 5. The summed E-state index contributed by atoms with van der Waals surface area (Å²) in [6.45, 7) is 2.72. The van der Waals surface area contributed by atoms with E-state index in [1.54, 1.807) is 51.9 Å². The number of pyridine rings is 1.